The summed E-state index contributed by atoms with van der Waals surface area (Å²) in [4.78, 5) is 11.7. The molecule has 0 aromatic heterocycles. The van der Waals surface area contributed by atoms with Crippen molar-refractivity contribution in [3.63, 3.8) is 0 Å². The molecule has 0 radical (unpaired) electrons. The smallest absolute Gasteiger partial charge is 0.220 e. The Hall–Kier alpha value is -0.240. The van der Waals surface area contributed by atoms with Crippen LogP contribution in [0.25, 0.3) is 0 Å². The Morgan fingerprint density at radius 3 is 2.72 bits per heavy atom. The monoisotopic (exact) mass is 273 g/mol. The van der Waals surface area contributed by atoms with Crippen LogP contribution in [-0.2, 0) is 4.79 Å². The molecule has 18 heavy (non-hydrogen) atoms. The summed E-state index contributed by atoms with van der Waals surface area (Å²) < 4.78 is 0. The second kappa shape index (κ2) is 9.66. The van der Waals surface area contributed by atoms with Gasteiger partial charge in [0.15, 0.2) is 0 Å². The molecule has 1 amide bonds. The summed E-state index contributed by atoms with van der Waals surface area (Å²) in [5, 5.41) is 3.02. The van der Waals surface area contributed by atoms with Gasteiger partial charge in [-0.15, -0.1) is 11.6 Å². The minimum Gasteiger partial charge on any atom is -0.356 e. The molecule has 3 heteroatoms. The van der Waals surface area contributed by atoms with Gasteiger partial charge in [-0.1, -0.05) is 39.0 Å². The maximum absolute atomic E-state index is 11.7. The Labute approximate surface area is 117 Å². The fourth-order valence-electron chi connectivity index (χ4n) is 2.65. The highest BCUT2D eigenvalue weighted by Gasteiger charge is 2.14. The molecule has 0 aliphatic heterocycles. The van der Waals surface area contributed by atoms with Crippen molar-refractivity contribution in [2.45, 2.75) is 64.7 Å². The Morgan fingerprint density at radius 1 is 1.33 bits per heavy atom. The van der Waals surface area contributed by atoms with Crippen LogP contribution in [0.2, 0.25) is 0 Å². The van der Waals surface area contributed by atoms with E-state index in [9.17, 15) is 4.79 Å². The second-order valence-electron chi connectivity index (χ2n) is 5.79. The number of carbonyl (C=O) groups excluding carboxylic acids is 1. The van der Waals surface area contributed by atoms with Gasteiger partial charge in [0, 0.05) is 18.8 Å². The lowest BCUT2D eigenvalue weighted by Crippen LogP contribution is -2.25. The van der Waals surface area contributed by atoms with Gasteiger partial charge in [0.05, 0.1) is 0 Å². The SMILES string of the molecule is CC(CCl)CCCNC(=O)CCC1CCCCC1. The predicted molar refractivity (Wildman–Crippen MR) is 77.9 cm³/mol. The molecule has 0 saturated heterocycles. The van der Waals surface area contributed by atoms with E-state index in [0.717, 1.165) is 44.0 Å². The highest BCUT2D eigenvalue weighted by molar-refractivity contribution is 6.18. The second-order valence-corrected chi connectivity index (χ2v) is 6.10. The summed E-state index contributed by atoms with van der Waals surface area (Å²) in [6.07, 6.45) is 10.7. The minimum absolute atomic E-state index is 0.235. The molecule has 0 aromatic rings. The van der Waals surface area contributed by atoms with E-state index < -0.39 is 0 Å². The molecule has 1 rings (SSSR count). The Morgan fingerprint density at radius 2 is 2.06 bits per heavy atom. The number of carbonyl (C=O) groups is 1. The Balaban J connectivity index is 1.96. The fourth-order valence-corrected chi connectivity index (χ4v) is 2.81. The maximum Gasteiger partial charge on any atom is 0.220 e. The van der Waals surface area contributed by atoms with Gasteiger partial charge in [-0.05, 0) is 31.1 Å². The summed E-state index contributed by atoms with van der Waals surface area (Å²) in [6.45, 7) is 2.96. The molecule has 1 saturated carbocycles. The van der Waals surface area contributed by atoms with Crippen LogP contribution in [0.1, 0.15) is 64.7 Å². The number of hydrogen-bond donors (Lipinski definition) is 1. The van der Waals surface area contributed by atoms with Crippen LogP contribution in [0.4, 0.5) is 0 Å². The van der Waals surface area contributed by atoms with E-state index in [1.807, 2.05) is 0 Å². The van der Waals surface area contributed by atoms with Crippen LogP contribution >= 0.6 is 11.6 Å². The quantitative estimate of drug-likeness (QED) is 0.523. The third kappa shape index (κ3) is 7.25. The van der Waals surface area contributed by atoms with E-state index in [0.29, 0.717) is 5.92 Å². The van der Waals surface area contributed by atoms with E-state index in [1.165, 1.54) is 32.1 Å². The third-order valence-corrected chi connectivity index (χ3v) is 4.49. The number of rotatable bonds is 8. The van der Waals surface area contributed by atoms with Crippen LogP contribution in [0, 0.1) is 11.8 Å². The average molecular weight is 274 g/mol. The number of hydrogen-bond acceptors (Lipinski definition) is 1. The highest BCUT2D eigenvalue weighted by Crippen LogP contribution is 2.27. The van der Waals surface area contributed by atoms with Crippen molar-refractivity contribution in [1.82, 2.24) is 5.32 Å². The topological polar surface area (TPSA) is 29.1 Å². The number of nitrogens with one attached hydrogen (secondary N) is 1. The largest absolute Gasteiger partial charge is 0.356 e. The van der Waals surface area contributed by atoms with E-state index >= 15 is 0 Å². The van der Waals surface area contributed by atoms with Gasteiger partial charge in [-0.2, -0.15) is 0 Å². The summed E-state index contributed by atoms with van der Waals surface area (Å²) in [5.41, 5.74) is 0. The molecular formula is C15H28ClNO. The van der Waals surface area contributed by atoms with Crippen LogP contribution in [0.3, 0.4) is 0 Å². The molecule has 1 unspecified atom stereocenters. The molecule has 2 nitrogen and oxygen atoms in total. The molecule has 0 spiro atoms. The average Bonchev–Trinajstić information content (AvgIpc) is 2.42. The first-order chi connectivity index (χ1) is 8.72. The standard InChI is InChI=1S/C15H28ClNO/c1-13(12-16)6-5-11-17-15(18)10-9-14-7-3-2-4-8-14/h13-14H,2-12H2,1H3,(H,17,18). The minimum atomic E-state index is 0.235. The van der Waals surface area contributed by atoms with Crippen molar-refractivity contribution in [3.8, 4) is 0 Å². The third-order valence-electron chi connectivity index (χ3n) is 3.96. The fraction of sp³-hybridized carbons (Fsp3) is 0.933. The first-order valence-electron chi connectivity index (χ1n) is 7.55. The molecule has 1 N–H and O–H groups in total. The first-order valence-corrected chi connectivity index (χ1v) is 8.08. The zero-order valence-corrected chi connectivity index (χ0v) is 12.5. The van der Waals surface area contributed by atoms with Crippen molar-refractivity contribution < 1.29 is 4.79 Å². The lowest BCUT2D eigenvalue weighted by molar-refractivity contribution is -0.121. The number of amides is 1. The number of halogens is 1. The summed E-state index contributed by atoms with van der Waals surface area (Å²) in [7, 11) is 0. The van der Waals surface area contributed by atoms with Crippen LogP contribution in [0.15, 0.2) is 0 Å². The van der Waals surface area contributed by atoms with E-state index in [1.54, 1.807) is 0 Å². The van der Waals surface area contributed by atoms with Crippen LogP contribution in [-0.4, -0.2) is 18.3 Å². The predicted octanol–water partition coefficient (Wildman–Crippen LogP) is 4.12. The normalized spacial score (nSPS) is 18.6. The molecule has 106 valence electrons. The lowest BCUT2D eigenvalue weighted by Gasteiger charge is -2.21. The van der Waals surface area contributed by atoms with Gasteiger partial charge >= 0.3 is 0 Å². The summed E-state index contributed by atoms with van der Waals surface area (Å²) >= 11 is 5.74. The zero-order chi connectivity index (χ0) is 13.2. The highest BCUT2D eigenvalue weighted by atomic mass is 35.5. The molecule has 0 bridgehead atoms. The summed E-state index contributed by atoms with van der Waals surface area (Å²) in [6, 6.07) is 0. The summed E-state index contributed by atoms with van der Waals surface area (Å²) in [5.74, 6) is 2.32. The van der Waals surface area contributed by atoms with Gasteiger partial charge in [0.25, 0.3) is 0 Å². The van der Waals surface area contributed by atoms with E-state index in [-0.39, 0.29) is 5.91 Å². The first kappa shape index (κ1) is 15.8. The molecule has 0 heterocycles. The molecule has 1 fully saturated rings. The van der Waals surface area contributed by atoms with Crippen molar-refractivity contribution in [2.24, 2.45) is 11.8 Å². The van der Waals surface area contributed by atoms with Crippen LogP contribution in [0.5, 0.6) is 0 Å². The van der Waals surface area contributed by atoms with Crippen molar-refractivity contribution >= 4 is 17.5 Å². The van der Waals surface area contributed by atoms with Gasteiger partial charge < -0.3 is 5.32 Å². The Bertz CT molecular complexity index is 227. The van der Waals surface area contributed by atoms with E-state index in [4.69, 9.17) is 11.6 Å². The van der Waals surface area contributed by atoms with Gasteiger partial charge in [-0.25, -0.2) is 0 Å². The van der Waals surface area contributed by atoms with Gasteiger partial charge in [-0.3, -0.25) is 4.79 Å². The lowest BCUT2D eigenvalue weighted by atomic mass is 9.86. The van der Waals surface area contributed by atoms with Crippen molar-refractivity contribution in [1.29, 1.82) is 0 Å². The van der Waals surface area contributed by atoms with Gasteiger partial charge in [0.2, 0.25) is 5.91 Å². The Kier molecular flexibility index (Phi) is 8.49. The molecular weight excluding hydrogens is 246 g/mol. The van der Waals surface area contributed by atoms with Crippen molar-refractivity contribution in [3.05, 3.63) is 0 Å². The molecule has 1 aliphatic rings. The molecule has 0 aromatic carbocycles. The van der Waals surface area contributed by atoms with Gasteiger partial charge in [0.1, 0.15) is 0 Å². The molecule has 1 atom stereocenters. The molecule has 1 aliphatic carbocycles. The number of alkyl halides is 1. The van der Waals surface area contributed by atoms with Crippen molar-refractivity contribution in [2.75, 3.05) is 12.4 Å². The zero-order valence-electron chi connectivity index (χ0n) is 11.7. The maximum atomic E-state index is 11.7. The van der Waals surface area contributed by atoms with E-state index in [2.05, 4.69) is 12.2 Å². The van der Waals surface area contributed by atoms with Crippen LogP contribution < -0.4 is 5.32 Å².